The van der Waals surface area contributed by atoms with E-state index in [9.17, 15) is 22.8 Å². The Morgan fingerprint density at radius 3 is 2.52 bits per heavy atom. The number of alkyl halides is 3. The second kappa shape index (κ2) is 12.5. The maximum absolute atomic E-state index is 13.0. The summed E-state index contributed by atoms with van der Waals surface area (Å²) in [7, 11) is 1.59. The number of nitrogens with zero attached hydrogens (tertiary/aromatic N) is 5. The Labute approximate surface area is 254 Å². The zero-order valence-corrected chi connectivity index (χ0v) is 24.9. The number of benzene rings is 3. The Bertz CT molecular complexity index is 1740. The zero-order valence-electron chi connectivity index (χ0n) is 24.0. The molecule has 1 aromatic heterocycles. The van der Waals surface area contributed by atoms with E-state index in [1.807, 2.05) is 32.0 Å². The van der Waals surface area contributed by atoms with Crippen LogP contribution in [0.5, 0.6) is 5.75 Å². The smallest absolute Gasteiger partial charge is 0.406 e. The molecule has 5 rings (SSSR count). The maximum Gasteiger partial charge on any atom is 0.573 e. The Morgan fingerprint density at radius 2 is 1.84 bits per heavy atom. The van der Waals surface area contributed by atoms with Crippen LogP contribution in [0.15, 0.2) is 72.0 Å². The first-order valence-corrected chi connectivity index (χ1v) is 14.3. The van der Waals surface area contributed by atoms with Crippen molar-refractivity contribution in [2.75, 3.05) is 23.1 Å². The molecule has 0 saturated carbocycles. The summed E-state index contributed by atoms with van der Waals surface area (Å²) < 4.78 is 48.2. The van der Waals surface area contributed by atoms with Crippen molar-refractivity contribution in [1.29, 1.82) is 0 Å². The molecule has 44 heavy (non-hydrogen) atoms. The number of ether oxygens (including phenoxy) is 2. The number of hydrogen-bond acceptors (Lipinski definition) is 7. The van der Waals surface area contributed by atoms with E-state index in [1.54, 1.807) is 32.2 Å². The van der Waals surface area contributed by atoms with E-state index < -0.39 is 12.4 Å². The molecule has 0 radical (unpaired) electrons. The van der Waals surface area contributed by atoms with Crippen LogP contribution in [0.1, 0.15) is 29.7 Å². The summed E-state index contributed by atoms with van der Waals surface area (Å²) in [5.74, 6) is -0.0697. The summed E-state index contributed by atoms with van der Waals surface area (Å²) in [6.45, 7) is 5.60. The fraction of sp³-hybridized carbons (Fsp3) is 0.233. The molecule has 3 aromatic carbocycles. The van der Waals surface area contributed by atoms with Crippen LogP contribution >= 0.6 is 11.8 Å². The lowest BCUT2D eigenvalue weighted by Gasteiger charge is -2.23. The number of thioether (sulfide) groups is 1. The quantitative estimate of drug-likeness (QED) is 0.240. The van der Waals surface area contributed by atoms with Crippen molar-refractivity contribution in [3.8, 4) is 22.8 Å². The van der Waals surface area contributed by atoms with Crippen molar-refractivity contribution in [2.45, 2.75) is 33.2 Å². The number of amidine groups is 1. The highest BCUT2D eigenvalue weighted by Crippen LogP contribution is 2.35. The Balaban J connectivity index is 1.31. The third kappa shape index (κ3) is 6.92. The Kier molecular flexibility index (Phi) is 8.74. The Hall–Kier alpha value is -4.69. The fourth-order valence-electron chi connectivity index (χ4n) is 4.49. The van der Waals surface area contributed by atoms with Crippen LogP contribution < -0.4 is 15.0 Å². The van der Waals surface area contributed by atoms with Gasteiger partial charge in [-0.25, -0.2) is 14.5 Å². The maximum atomic E-state index is 13.0. The molecule has 14 heteroatoms. The number of carbonyl (C=O) groups is 2. The molecule has 1 saturated heterocycles. The highest BCUT2D eigenvalue weighted by atomic mass is 32.2. The predicted molar refractivity (Wildman–Crippen MR) is 161 cm³/mol. The van der Waals surface area contributed by atoms with Crippen LogP contribution in [-0.2, 0) is 9.53 Å². The molecule has 1 aliphatic rings. The number of aromatic nitrogens is 3. The van der Waals surface area contributed by atoms with Gasteiger partial charge in [-0.05, 0) is 80.4 Å². The van der Waals surface area contributed by atoms with Crippen LogP contribution in [0, 0.1) is 13.8 Å². The molecule has 2 heterocycles. The van der Waals surface area contributed by atoms with E-state index in [-0.39, 0.29) is 28.7 Å². The van der Waals surface area contributed by atoms with E-state index in [4.69, 9.17) is 4.74 Å². The summed E-state index contributed by atoms with van der Waals surface area (Å²) in [6, 6.07) is 15.5. The number of hydrogen-bond donors (Lipinski definition) is 1. The van der Waals surface area contributed by atoms with Crippen molar-refractivity contribution >= 4 is 40.2 Å². The third-order valence-electron chi connectivity index (χ3n) is 6.74. The number of halogens is 3. The molecule has 1 atom stereocenters. The second-order valence-corrected chi connectivity index (χ2v) is 10.8. The first-order chi connectivity index (χ1) is 20.9. The first-order valence-electron chi connectivity index (χ1n) is 13.3. The normalized spacial score (nSPS) is 15.1. The van der Waals surface area contributed by atoms with Gasteiger partial charge in [0, 0.05) is 23.9 Å². The zero-order chi connectivity index (χ0) is 31.6. The van der Waals surface area contributed by atoms with Crippen LogP contribution in [0.2, 0.25) is 0 Å². The number of amides is 3. The van der Waals surface area contributed by atoms with Gasteiger partial charge in [-0.1, -0.05) is 23.9 Å². The van der Waals surface area contributed by atoms with Gasteiger partial charge in [0.15, 0.2) is 11.0 Å². The first kappa shape index (κ1) is 30.8. The van der Waals surface area contributed by atoms with E-state index in [0.717, 1.165) is 11.1 Å². The van der Waals surface area contributed by atoms with E-state index in [1.165, 1.54) is 51.9 Å². The highest BCUT2D eigenvalue weighted by Gasteiger charge is 2.33. The molecule has 1 aliphatic heterocycles. The van der Waals surface area contributed by atoms with Crippen LogP contribution in [-0.4, -0.2) is 51.1 Å². The molecule has 228 valence electrons. The highest BCUT2D eigenvalue weighted by molar-refractivity contribution is 8.15. The molecule has 0 spiro atoms. The summed E-state index contributed by atoms with van der Waals surface area (Å²) in [5, 5.41) is 7.46. The SMILES string of the molecule is COC(C)c1ccc(C)cc1N1C(=O)CS/C1=N\C(=O)Nc1ccc(-n2cnc(-c3ccc(OC(F)(F)F)cc3)n2)cc1C. The number of aliphatic imine (C=N–C) groups is 1. The van der Waals surface area contributed by atoms with Crippen LogP contribution in [0.3, 0.4) is 0 Å². The lowest BCUT2D eigenvalue weighted by atomic mass is 10.0. The fourth-order valence-corrected chi connectivity index (χ4v) is 5.34. The van der Waals surface area contributed by atoms with Crippen molar-refractivity contribution < 1.29 is 32.2 Å². The minimum atomic E-state index is -4.78. The number of nitrogens with one attached hydrogen (secondary N) is 1. The van der Waals surface area contributed by atoms with Crippen LogP contribution in [0.4, 0.5) is 29.3 Å². The van der Waals surface area contributed by atoms with Gasteiger partial charge < -0.3 is 14.8 Å². The van der Waals surface area contributed by atoms with E-state index in [2.05, 4.69) is 25.1 Å². The number of aryl methyl sites for hydroxylation is 2. The topological polar surface area (TPSA) is 111 Å². The lowest BCUT2D eigenvalue weighted by molar-refractivity contribution is -0.274. The summed E-state index contributed by atoms with van der Waals surface area (Å²) >= 11 is 1.18. The van der Waals surface area contributed by atoms with Crippen molar-refractivity contribution in [1.82, 2.24) is 14.8 Å². The monoisotopic (exact) mass is 624 g/mol. The number of urea groups is 1. The van der Waals surface area contributed by atoms with E-state index >= 15 is 0 Å². The van der Waals surface area contributed by atoms with Gasteiger partial charge in [0.25, 0.3) is 0 Å². The molecule has 1 fully saturated rings. The van der Waals surface area contributed by atoms with Crippen LogP contribution in [0.25, 0.3) is 17.1 Å². The summed E-state index contributed by atoms with van der Waals surface area (Å²) in [6.07, 6.45) is -3.58. The standard InChI is InChI=1S/C30H27F3N6O4S/c1-17-5-11-23(19(3)42-4)25(13-17)39-26(40)15-44-29(39)36-28(41)35-24-12-8-21(14-18(24)2)38-16-34-27(37-38)20-6-9-22(10-7-20)43-30(31,32)33/h5-14,16,19H,15H2,1-4H3,(H,35,41)/b36-29-. The molecular formula is C30H27F3N6O4S. The van der Waals surface area contributed by atoms with E-state index in [0.29, 0.717) is 34.0 Å². The van der Waals surface area contributed by atoms with Crippen molar-refractivity contribution in [3.63, 3.8) is 0 Å². The molecule has 10 nitrogen and oxygen atoms in total. The molecule has 0 bridgehead atoms. The molecule has 0 aliphatic carbocycles. The second-order valence-electron chi connectivity index (χ2n) is 9.87. The predicted octanol–water partition coefficient (Wildman–Crippen LogP) is 6.83. The van der Waals surface area contributed by atoms with Gasteiger partial charge in [-0.15, -0.1) is 18.3 Å². The minimum Gasteiger partial charge on any atom is -0.406 e. The van der Waals surface area contributed by atoms with Gasteiger partial charge in [0.05, 0.1) is 23.2 Å². The Morgan fingerprint density at radius 1 is 1.09 bits per heavy atom. The molecular weight excluding hydrogens is 597 g/mol. The van der Waals surface area contributed by atoms with Gasteiger partial charge >= 0.3 is 12.4 Å². The van der Waals surface area contributed by atoms with Crippen molar-refractivity contribution in [3.05, 3.63) is 83.7 Å². The molecule has 3 amide bonds. The summed E-state index contributed by atoms with van der Waals surface area (Å²) in [5.41, 5.74) is 4.74. The average Bonchev–Trinajstić information content (AvgIpc) is 3.60. The number of rotatable bonds is 7. The number of methoxy groups -OCH3 is 1. The van der Waals surface area contributed by atoms with Crippen molar-refractivity contribution in [2.24, 2.45) is 4.99 Å². The minimum absolute atomic E-state index is 0.153. The number of carbonyl (C=O) groups excluding carboxylic acids is 2. The molecule has 1 unspecified atom stereocenters. The third-order valence-corrected chi connectivity index (χ3v) is 7.66. The van der Waals surface area contributed by atoms with Gasteiger partial charge in [-0.3, -0.25) is 9.69 Å². The largest absolute Gasteiger partial charge is 0.573 e. The van der Waals surface area contributed by atoms with Gasteiger partial charge in [0.2, 0.25) is 5.91 Å². The number of anilines is 2. The molecule has 1 N–H and O–H groups in total. The van der Waals surface area contributed by atoms with Gasteiger partial charge in [0.1, 0.15) is 12.1 Å². The van der Waals surface area contributed by atoms with Gasteiger partial charge in [-0.2, -0.15) is 4.99 Å². The lowest BCUT2D eigenvalue weighted by Crippen LogP contribution is -2.31. The molecule has 4 aromatic rings. The average molecular weight is 625 g/mol. The summed E-state index contributed by atoms with van der Waals surface area (Å²) in [4.78, 5) is 35.8.